The summed E-state index contributed by atoms with van der Waals surface area (Å²) >= 11 is 7.02. The summed E-state index contributed by atoms with van der Waals surface area (Å²) in [5.41, 5.74) is 4.94. The Balaban J connectivity index is 1.31. The highest BCUT2D eigenvalue weighted by atomic mass is 79.9. The Bertz CT molecular complexity index is 1620. The average Bonchev–Trinajstić information content (AvgIpc) is 3.32. The number of fused-ring (bicyclic) bond motifs is 2. The summed E-state index contributed by atoms with van der Waals surface area (Å²) in [7, 11) is 0. The van der Waals surface area contributed by atoms with Crippen molar-refractivity contribution in [1.29, 1.82) is 0 Å². The van der Waals surface area contributed by atoms with Crippen molar-refractivity contribution >= 4 is 65.7 Å². The first kappa shape index (κ1) is 25.0. The lowest BCUT2D eigenvalue weighted by atomic mass is 10.1. The highest BCUT2D eigenvalue weighted by Gasteiger charge is 2.14. The molecule has 5 aromatic rings. The van der Waals surface area contributed by atoms with Crippen molar-refractivity contribution in [2.45, 2.75) is 13.5 Å². The monoisotopic (exact) mass is 620 g/mol. The number of benzene rings is 4. The van der Waals surface area contributed by atoms with Crippen LogP contribution < -0.4 is 14.9 Å². The third-order valence-electron chi connectivity index (χ3n) is 5.67. The maximum Gasteiger partial charge on any atom is 0.307 e. The third-order valence-corrected chi connectivity index (χ3v) is 6.75. The van der Waals surface area contributed by atoms with Crippen LogP contribution in [0.1, 0.15) is 28.6 Å². The topological polar surface area (TPSA) is 73.1 Å². The molecule has 0 saturated heterocycles. The molecule has 0 radical (unpaired) electrons. The van der Waals surface area contributed by atoms with E-state index in [9.17, 15) is 4.79 Å². The first-order valence-electron chi connectivity index (χ1n) is 11.6. The molecule has 6 nitrogen and oxygen atoms in total. The van der Waals surface area contributed by atoms with Gasteiger partial charge in [-0.3, -0.25) is 4.79 Å². The van der Waals surface area contributed by atoms with Crippen LogP contribution in [0.3, 0.4) is 0 Å². The highest BCUT2D eigenvalue weighted by molar-refractivity contribution is 9.10. The van der Waals surface area contributed by atoms with Crippen molar-refractivity contribution in [1.82, 2.24) is 5.43 Å². The van der Waals surface area contributed by atoms with Crippen LogP contribution in [0.25, 0.3) is 21.7 Å². The van der Waals surface area contributed by atoms with Gasteiger partial charge in [-0.15, -0.1) is 0 Å². The van der Waals surface area contributed by atoms with Gasteiger partial charge in [0.1, 0.15) is 12.2 Å². The van der Waals surface area contributed by atoms with E-state index in [-0.39, 0.29) is 5.76 Å². The number of carbonyl (C=O) groups is 1. The largest absolute Gasteiger partial charge is 0.490 e. The van der Waals surface area contributed by atoms with E-state index in [1.165, 1.54) is 0 Å². The van der Waals surface area contributed by atoms with Crippen molar-refractivity contribution in [3.63, 3.8) is 0 Å². The van der Waals surface area contributed by atoms with Crippen molar-refractivity contribution in [2.75, 3.05) is 6.61 Å². The predicted octanol–water partition coefficient (Wildman–Crippen LogP) is 7.85. The van der Waals surface area contributed by atoms with Gasteiger partial charge in [-0.1, -0.05) is 58.4 Å². The first-order valence-corrected chi connectivity index (χ1v) is 13.2. The van der Waals surface area contributed by atoms with Crippen molar-refractivity contribution in [3.8, 4) is 11.5 Å². The maximum absolute atomic E-state index is 12.5. The fourth-order valence-corrected chi connectivity index (χ4v) is 4.93. The van der Waals surface area contributed by atoms with Gasteiger partial charge >= 0.3 is 5.91 Å². The Morgan fingerprint density at radius 2 is 1.81 bits per heavy atom. The van der Waals surface area contributed by atoms with E-state index >= 15 is 0 Å². The quantitative estimate of drug-likeness (QED) is 0.141. The average molecular weight is 622 g/mol. The van der Waals surface area contributed by atoms with Gasteiger partial charge in [-0.05, 0) is 81.2 Å². The number of furan rings is 1. The molecule has 0 bridgehead atoms. The minimum Gasteiger partial charge on any atom is -0.490 e. The lowest BCUT2D eigenvalue weighted by Gasteiger charge is -2.15. The number of hydrogen-bond donors (Lipinski definition) is 1. The number of hydrazone groups is 1. The molecule has 0 saturated carbocycles. The van der Waals surface area contributed by atoms with Crippen molar-refractivity contribution in [2.24, 2.45) is 5.10 Å². The number of nitrogens with zero attached hydrogens (tertiary/aromatic N) is 1. The normalized spacial score (nSPS) is 11.3. The second-order valence-corrected chi connectivity index (χ2v) is 9.95. The van der Waals surface area contributed by atoms with Gasteiger partial charge in [0.25, 0.3) is 0 Å². The van der Waals surface area contributed by atoms with Gasteiger partial charge in [-0.25, -0.2) is 5.43 Å². The molecule has 8 heteroatoms. The molecule has 0 fully saturated rings. The summed E-state index contributed by atoms with van der Waals surface area (Å²) in [5, 5.41) is 7.23. The van der Waals surface area contributed by atoms with E-state index in [1.807, 2.05) is 49.4 Å². The minimum absolute atomic E-state index is 0.179. The molecule has 1 N–H and O–H groups in total. The minimum atomic E-state index is -0.442. The molecular weight excluding hydrogens is 600 g/mol. The standard InChI is InChI=1S/C29H22Br2N2O4/c1-2-35-26-13-18(16-32-33-29(34)27-15-21-14-22(30)10-11-25(21)37-27)12-24(31)28(26)36-17-20-8-5-7-19-6-3-4-9-23(19)20/h3-16H,2,17H2,1H3,(H,33,34). The van der Waals surface area contributed by atoms with Crippen LogP contribution in [0.2, 0.25) is 0 Å². The summed E-state index contributed by atoms with van der Waals surface area (Å²) in [6, 6.07) is 25.3. The third kappa shape index (κ3) is 5.70. The van der Waals surface area contributed by atoms with E-state index < -0.39 is 5.91 Å². The zero-order valence-corrected chi connectivity index (χ0v) is 23.0. The van der Waals surface area contributed by atoms with Crippen molar-refractivity contribution < 1.29 is 18.7 Å². The summed E-state index contributed by atoms with van der Waals surface area (Å²) < 4.78 is 19.3. The van der Waals surface area contributed by atoms with Gasteiger partial charge in [0.2, 0.25) is 0 Å². The van der Waals surface area contributed by atoms with Gasteiger partial charge < -0.3 is 13.9 Å². The number of nitrogens with one attached hydrogen (secondary N) is 1. The SMILES string of the molecule is CCOc1cc(C=NNC(=O)c2cc3cc(Br)ccc3o2)cc(Br)c1OCc1cccc2ccccc12. The summed E-state index contributed by atoms with van der Waals surface area (Å²) in [4.78, 5) is 12.5. The van der Waals surface area contributed by atoms with Crippen LogP contribution >= 0.6 is 31.9 Å². The van der Waals surface area contributed by atoms with E-state index in [2.05, 4.69) is 66.7 Å². The zero-order valence-electron chi connectivity index (χ0n) is 19.8. The molecule has 0 spiro atoms. The molecule has 4 aromatic carbocycles. The van der Waals surface area contributed by atoms with Gasteiger partial charge in [0.15, 0.2) is 17.3 Å². The Hall–Kier alpha value is -3.62. The molecule has 0 atom stereocenters. The van der Waals surface area contributed by atoms with E-state index in [0.717, 1.165) is 31.8 Å². The second-order valence-electron chi connectivity index (χ2n) is 8.18. The van der Waals surface area contributed by atoms with Gasteiger partial charge in [-0.2, -0.15) is 5.10 Å². The van der Waals surface area contributed by atoms with Gasteiger partial charge in [0, 0.05) is 9.86 Å². The molecule has 186 valence electrons. The lowest BCUT2D eigenvalue weighted by Crippen LogP contribution is -2.16. The van der Waals surface area contributed by atoms with Crippen LogP contribution in [-0.4, -0.2) is 18.7 Å². The van der Waals surface area contributed by atoms with Crippen LogP contribution in [0, 0.1) is 0 Å². The Morgan fingerprint density at radius 1 is 0.973 bits per heavy atom. The molecule has 0 aliphatic carbocycles. The number of carbonyl (C=O) groups excluding carboxylic acids is 1. The van der Waals surface area contributed by atoms with Crippen molar-refractivity contribution in [3.05, 3.63) is 105 Å². The maximum atomic E-state index is 12.5. The van der Waals surface area contributed by atoms with Crippen LogP contribution in [0.5, 0.6) is 11.5 Å². The fraction of sp³-hybridized carbons (Fsp3) is 0.103. The number of halogens is 2. The van der Waals surface area contributed by atoms with E-state index in [4.69, 9.17) is 13.9 Å². The molecular formula is C29H22Br2N2O4. The second kappa shape index (κ2) is 11.2. The zero-order chi connectivity index (χ0) is 25.8. The Labute approximate surface area is 230 Å². The van der Waals surface area contributed by atoms with Crippen LogP contribution in [0.4, 0.5) is 0 Å². The number of amides is 1. The molecule has 0 aliphatic rings. The summed E-state index contributed by atoms with van der Waals surface area (Å²) in [6.45, 7) is 2.77. The summed E-state index contributed by atoms with van der Waals surface area (Å²) in [5.74, 6) is 0.915. The lowest BCUT2D eigenvalue weighted by molar-refractivity contribution is 0.0929. The smallest absolute Gasteiger partial charge is 0.307 e. The number of rotatable bonds is 8. The fourth-order valence-electron chi connectivity index (χ4n) is 3.98. The number of hydrogen-bond acceptors (Lipinski definition) is 5. The first-order chi connectivity index (χ1) is 18.0. The molecule has 37 heavy (non-hydrogen) atoms. The van der Waals surface area contributed by atoms with E-state index in [0.29, 0.717) is 34.8 Å². The van der Waals surface area contributed by atoms with E-state index in [1.54, 1.807) is 18.3 Å². The Kier molecular flexibility index (Phi) is 7.58. The Morgan fingerprint density at radius 3 is 2.68 bits per heavy atom. The molecule has 0 unspecified atom stereocenters. The molecule has 1 amide bonds. The molecule has 0 aliphatic heterocycles. The number of ether oxygens (including phenoxy) is 2. The van der Waals surface area contributed by atoms with Crippen LogP contribution in [0.15, 0.2) is 97.3 Å². The molecule has 5 rings (SSSR count). The predicted molar refractivity (Wildman–Crippen MR) is 153 cm³/mol. The van der Waals surface area contributed by atoms with Crippen LogP contribution in [-0.2, 0) is 6.61 Å². The summed E-state index contributed by atoms with van der Waals surface area (Å²) in [6.07, 6.45) is 1.54. The van der Waals surface area contributed by atoms with Gasteiger partial charge in [0.05, 0.1) is 17.3 Å². The highest BCUT2D eigenvalue weighted by Crippen LogP contribution is 2.37. The molecule has 1 heterocycles. The molecule has 1 aromatic heterocycles.